The topological polar surface area (TPSA) is 77.8 Å². The fourth-order valence-electron chi connectivity index (χ4n) is 1.20. The van der Waals surface area contributed by atoms with Crippen LogP contribution in [0.2, 0.25) is 0 Å². The highest BCUT2D eigenvalue weighted by molar-refractivity contribution is 9.11. The Balaban J connectivity index is 2.86. The van der Waals surface area contributed by atoms with E-state index in [0.717, 1.165) is 3.79 Å². The number of rotatable bonds is 5. The van der Waals surface area contributed by atoms with Crippen LogP contribution in [0.4, 0.5) is 5.00 Å². The minimum absolute atomic E-state index is 0.429. The van der Waals surface area contributed by atoms with Crippen molar-refractivity contribution in [3.8, 4) is 0 Å². The summed E-state index contributed by atoms with van der Waals surface area (Å²) in [5, 5.41) is 18.3. The zero-order valence-corrected chi connectivity index (χ0v) is 10.8. The summed E-state index contributed by atoms with van der Waals surface area (Å²) in [7, 11) is 1.57. The average Bonchev–Trinajstić information content (AvgIpc) is 2.59. The van der Waals surface area contributed by atoms with E-state index in [2.05, 4.69) is 15.9 Å². The van der Waals surface area contributed by atoms with Gasteiger partial charge in [0.2, 0.25) is 0 Å². The first-order valence-corrected chi connectivity index (χ1v) is 5.95. The van der Waals surface area contributed by atoms with Crippen molar-refractivity contribution >= 4 is 44.2 Å². The summed E-state index contributed by atoms with van der Waals surface area (Å²) in [4.78, 5) is 23.0. The molecule has 0 bridgehead atoms. The van der Waals surface area contributed by atoms with Crippen LogP contribution in [-0.4, -0.2) is 35.2 Å². The predicted molar refractivity (Wildman–Crippen MR) is 64.1 cm³/mol. The molecule has 1 unspecified atom stereocenters. The fraction of sp³-hybridized carbons (Fsp3) is 0.333. The lowest BCUT2D eigenvalue weighted by Gasteiger charge is -2.23. The van der Waals surface area contributed by atoms with Crippen LogP contribution in [0.25, 0.3) is 0 Å². The summed E-state index contributed by atoms with van der Waals surface area (Å²) in [5.74, 6) is -2.27. The fourth-order valence-corrected chi connectivity index (χ4v) is 2.58. The first kappa shape index (κ1) is 13.0. The second-order valence-corrected chi connectivity index (χ2v) is 5.58. The minimum Gasteiger partial charge on any atom is -0.481 e. The van der Waals surface area contributed by atoms with E-state index in [0.29, 0.717) is 5.00 Å². The van der Waals surface area contributed by atoms with E-state index in [1.807, 2.05) is 0 Å². The van der Waals surface area contributed by atoms with Crippen LogP contribution < -0.4 is 4.90 Å². The summed E-state index contributed by atoms with van der Waals surface area (Å²) in [6, 6.07) is 2.48. The van der Waals surface area contributed by atoms with Gasteiger partial charge in [-0.05, 0) is 28.1 Å². The van der Waals surface area contributed by atoms with Gasteiger partial charge in [-0.25, -0.2) is 4.79 Å². The Kier molecular flexibility index (Phi) is 4.31. The molecule has 7 heteroatoms. The standard InChI is InChI=1S/C9H10BrNO4S/c1-11(7-3-2-6(10)16-7)5(9(14)15)4-8(12)13/h2-3,5H,4H2,1H3,(H,12,13)(H,14,15). The number of carbonyl (C=O) groups is 2. The Morgan fingerprint density at radius 2 is 2.12 bits per heavy atom. The highest BCUT2D eigenvalue weighted by atomic mass is 79.9. The molecule has 1 aromatic rings. The molecule has 0 amide bonds. The van der Waals surface area contributed by atoms with Gasteiger partial charge < -0.3 is 15.1 Å². The lowest BCUT2D eigenvalue weighted by Crippen LogP contribution is -2.39. The summed E-state index contributed by atoms with van der Waals surface area (Å²) in [6.07, 6.45) is -0.429. The van der Waals surface area contributed by atoms with Crippen LogP contribution in [0, 0.1) is 0 Å². The van der Waals surface area contributed by atoms with Crippen molar-refractivity contribution in [3.05, 3.63) is 15.9 Å². The SMILES string of the molecule is CN(c1ccc(Br)s1)C(CC(=O)O)C(=O)O. The van der Waals surface area contributed by atoms with Gasteiger partial charge in [-0.15, -0.1) is 11.3 Å². The smallest absolute Gasteiger partial charge is 0.326 e. The molecule has 0 spiro atoms. The van der Waals surface area contributed by atoms with Crippen molar-refractivity contribution in [2.45, 2.75) is 12.5 Å². The van der Waals surface area contributed by atoms with E-state index < -0.39 is 24.4 Å². The Morgan fingerprint density at radius 3 is 2.50 bits per heavy atom. The summed E-state index contributed by atoms with van der Waals surface area (Å²) < 4.78 is 0.869. The number of hydrogen-bond donors (Lipinski definition) is 2. The number of thiophene rings is 1. The Hall–Kier alpha value is -1.08. The molecule has 16 heavy (non-hydrogen) atoms. The van der Waals surface area contributed by atoms with Crippen molar-refractivity contribution in [2.24, 2.45) is 0 Å². The molecule has 1 rings (SSSR count). The Bertz CT molecular complexity index is 406. The third-order valence-electron chi connectivity index (χ3n) is 2.03. The van der Waals surface area contributed by atoms with Gasteiger partial charge in [-0.2, -0.15) is 0 Å². The van der Waals surface area contributed by atoms with E-state index in [4.69, 9.17) is 10.2 Å². The lowest BCUT2D eigenvalue weighted by molar-refractivity contribution is -0.145. The molecular weight excluding hydrogens is 298 g/mol. The molecule has 0 saturated heterocycles. The molecule has 0 radical (unpaired) electrons. The third-order valence-corrected chi connectivity index (χ3v) is 3.74. The maximum absolute atomic E-state index is 10.9. The zero-order valence-electron chi connectivity index (χ0n) is 8.38. The second kappa shape index (κ2) is 5.31. The number of nitrogens with zero attached hydrogens (tertiary/aromatic N) is 1. The molecule has 88 valence electrons. The van der Waals surface area contributed by atoms with Crippen LogP contribution in [-0.2, 0) is 9.59 Å². The van der Waals surface area contributed by atoms with Crippen molar-refractivity contribution in [1.29, 1.82) is 0 Å². The minimum atomic E-state index is -1.14. The van der Waals surface area contributed by atoms with Crippen molar-refractivity contribution in [3.63, 3.8) is 0 Å². The molecule has 1 atom stereocenters. The number of halogens is 1. The third kappa shape index (κ3) is 3.21. The molecular formula is C9H10BrNO4S. The first-order chi connectivity index (χ1) is 7.41. The van der Waals surface area contributed by atoms with Crippen LogP contribution in [0.3, 0.4) is 0 Å². The van der Waals surface area contributed by atoms with Crippen LogP contribution in [0.5, 0.6) is 0 Å². The molecule has 1 heterocycles. The number of aliphatic carboxylic acids is 2. The van der Waals surface area contributed by atoms with Crippen molar-refractivity contribution in [1.82, 2.24) is 0 Å². The van der Waals surface area contributed by atoms with Gasteiger partial charge in [0.15, 0.2) is 0 Å². The molecule has 0 saturated carbocycles. The second-order valence-electron chi connectivity index (χ2n) is 3.14. The monoisotopic (exact) mass is 307 g/mol. The molecule has 0 aliphatic carbocycles. The van der Waals surface area contributed by atoms with E-state index in [1.54, 1.807) is 19.2 Å². The zero-order chi connectivity index (χ0) is 12.3. The molecule has 1 aromatic heterocycles. The van der Waals surface area contributed by atoms with Gasteiger partial charge in [0.25, 0.3) is 0 Å². The summed E-state index contributed by atoms with van der Waals surface area (Å²) in [6.45, 7) is 0. The number of carboxylic acids is 2. The Morgan fingerprint density at radius 1 is 1.50 bits per heavy atom. The van der Waals surface area contributed by atoms with Crippen LogP contribution in [0.1, 0.15) is 6.42 Å². The number of anilines is 1. The van der Waals surface area contributed by atoms with Gasteiger partial charge >= 0.3 is 11.9 Å². The van der Waals surface area contributed by atoms with E-state index >= 15 is 0 Å². The lowest BCUT2D eigenvalue weighted by atomic mass is 10.2. The Labute approximate surface area is 104 Å². The number of carboxylic acid groups (broad SMARTS) is 2. The van der Waals surface area contributed by atoms with Gasteiger partial charge in [0, 0.05) is 7.05 Å². The van der Waals surface area contributed by atoms with E-state index in [9.17, 15) is 9.59 Å². The van der Waals surface area contributed by atoms with Crippen LogP contribution >= 0.6 is 27.3 Å². The van der Waals surface area contributed by atoms with Gasteiger partial charge in [0.1, 0.15) is 6.04 Å². The number of hydrogen-bond acceptors (Lipinski definition) is 4. The van der Waals surface area contributed by atoms with Gasteiger partial charge in [-0.3, -0.25) is 4.79 Å². The van der Waals surface area contributed by atoms with Crippen LogP contribution in [0.15, 0.2) is 15.9 Å². The molecule has 0 aromatic carbocycles. The highest BCUT2D eigenvalue weighted by Crippen LogP contribution is 2.30. The molecule has 0 aliphatic heterocycles. The normalized spacial score (nSPS) is 12.1. The maximum atomic E-state index is 10.9. The molecule has 0 aliphatic rings. The van der Waals surface area contributed by atoms with Crippen molar-refractivity contribution < 1.29 is 19.8 Å². The van der Waals surface area contributed by atoms with Gasteiger partial charge in [0.05, 0.1) is 15.2 Å². The maximum Gasteiger partial charge on any atom is 0.326 e. The molecule has 2 N–H and O–H groups in total. The predicted octanol–water partition coefficient (Wildman–Crippen LogP) is 1.87. The van der Waals surface area contributed by atoms with Crippen molar-refractivity contribution in [2.75, 3.05) is 11.9 Å². The summed E-state index contributed by atoms with van der Waals surface area (Å²) >= 11 is 4.62. The summed E-state index contributed by atoms with van der Waals surface area (Å²) in [5.41, 5.74) is 0. The first-order valence-electron chi connectivity index (χ1n) is 4.34. The van der Waals surface area contributed by atoms with E-state index in [-0.39, 0.29) is 0 Å². The molecule has 5 nitrogen and oxygen atoms in total. The quantitative estimate of drug-likeness (QED) is 0.868. The van der Waals surface area contributed by atoms with Gasteiger partial charge in [-0.1, -0.05) is 0 Å². The highest BCUT2D eigenvalue weighted by Gasteiger charge is 2.26. The number of likely N-dealkylation sites (N-methyl/N-ethyl adjacent to an activating group) is 1. The average molecular weight is 308 g/mol. The van der Waals surface area contributed by atoms with E-state index in [1.165, 1.54) is 16.2 Å². The largest absolute Gasteiger partial charge is 0.481 e. The molecule has 0 fully saturated rings.